The van der Waals surface area contributed by atoms with Crippen LogP contribution in [0.25, 0.3) is 0 Å². The average Bonchev–Trinajstić information content (AvgIpc) is 2.16. The Kier molecular flexibility index (Phi) is 3.40. The van der Waals surface area contributed by atoms with Crippen LogP contribution < -0.4 is 5.90 Å². The van der Waals surface area contributed by atoms with Gasteiger partial charge in [0.25, 0.3) is 0 Å². The molecule has 0 aliphatic rings. The van der Waals surface area contributed by atoms with Crippen LogP contribution in [0, 0.1) is 6.92 Å². The maximum absolute atomic E-state index is 10.7. The Hall–Kier alpha value is -1.42. The molecule has 0 aliphatic heterocycles. The van der Waals surface area contributed by atoms with E-state index in [4.69, 9.17) is 5.90 Å². The van der Waals surface area contributed by atoms with Gasteiger partial charge in [0.1, 0.15) is 0 Å². The summed E-state index contributed by atoms with van der Waals surface area (Å²) in [4.78, 5) is 18.9. The maximum Gasteiger partial charge on any atom is 0.324 e. The van der Waals surface area contributed by atoms with Gasteiger partial charge < -0.3 is 4.84 Å². The molecule has 0 radical (unpaired) electrons. The Morgan fingerprint density at radius 2 is 2.46 bits per heavy atom. The molecule has 13 heavy (non-hydrogen) atoms. The summed E-state index contributed by atoms with van der Waals surface area (Å²) in [7, 11) is 0. The van der Waals surface area contributed by atoms with Gasteiger partial charge in [-0.1, -0.05) is 6.07 Å². The largest absolute Gasteiger partial charge is 0.373 e. The summed E-state index contributed by atoms with van der Waals surface area (Å²) in [6.45, 7) is 1.95. The molecule has 0 amide bonds. The van der Waals surface area contributed by atoms with Crippen LogP contribution in [0.4, 0.5) is 0 Å². The maximum atomic E-state index is 10.7. The first kappa shape index (κ1) is 9.67. The highest BCUT2D eigenvalue weighted by Crippen LogP contribution is 2.05. The lowest BCUT2D eigenvalue weighted by Crippen LogP contribution is -2.11. The van der Waals surface area contributed by atoms with E-state index in [1.54, 1.807) is 6.20 Å². The molecule has 0 bridgehead atoms. The first-order valence-corrected chi connectivity index (χ1v) is 4.04. The molecule has 0 aliphatic carbocycles. The monoisotopic (exact) mass is 180 g/mol. The van der Waals surface area contributed by atoms with Crippen LogP contribution in [0.2, 0.25) is 0 Å². The summed E-state index contributed by atoms with van der Waals surface area (Å²) in [5.41, 5.74) is 1.99. The molecule has 0 atom stereocenters. The Balaban J connectivity index is 2.54. The fraction of sp³-hybridized carbons (Fsp3) is 0.333. The van der Waals surface area contributed by atoms with Gasteiger partial charge in [-0.05, 0) is 18.6 Å². The van der Waals surface area contributed by atoms with Crippen LogP contribution in [-0.4, -0.2) is 11.0 Å². The van der Waals surface area contributed by atoms with Crippen LogP contribution >= 0.6 is 0 Å². The van der Waals surface area contributed by atoms with Gasteiger partial charge in [-0.3, -0.25) is 9.78 Å². The highest BCUT2D eigenvalue weighted by molar-refractivity contribution is 5.69. The van der Waals surface area contributed by atoms with Crippen molar-refractivity contribution in [3.63, 3.8) is 0 Å². The number of pyridine rings is 1. The van der Waals surface area contributed by atoms with Crippen LogP contribution in [-0.2, 0) is 16.1 Å². The van der Waals surface area contributed by atoms with Crippen molar-refractivity contribution in [3.8, 4) is 0 Å². The number of nitrogens with two attached hydrogens (primary N) is 1. The van der Waals surface area contributed by atoms with Crippen molar-refractivity contribution in [1.29, 1.82) is 0 Å². The predicted molar refractivity (Wildman–Crippen MR) is 47.6 cm³/mol. The Bertz CT molecular complexity index is 299. The molecule has 4 nitrogen and oxygen atoms in total. The first-order chi connectivity index (χ1) is 6.24. The molecule has 0 saturated heterocycles. The van der Waals surface area contributed by atoms with Gasteiger partial charge in [0, 0.05) is 18.3 Å². The second-order valence-corrected chi connectivity index (χ2v) is 2.76. The Morgan fingerprint density at radius 3 is 3.08 bits per heavy atom. The summed E-state index contributed by atoms with van der Waals surface area (Å²) >= 11 is 0. The van der Waals surface area contributed by atoms with E-state index >= 15 is 0 Å². The van der Waals surface area contributed by atoms with E-state index in [0.29, 0.717) is 6.42 Å². The van der Waals surface area contributed by atoms with Crippen molar-refractivity contribution in [3.05, 3.63) is 29.6 Å². The van der Waals surface area contributed by atoms with Gasteiger partial charge in [-0.15, -0.1) is 0 Å². The van der Waals surface area contributed by atoms with Crippen LogP contribution in [0.5, 0.6) is 0 Å². The minimum Gasteiger partial charge on any atom is -0.373 e. The number of rotatable bonds is 3. The second-order valence-electron chi connectivity index (χ2n) is 2.76. The summed E-state index contributed by atoms with van der Waals surface area (Å²) in [6.07, 6.45) is 2.55. The standard InChI is InChI=1S/C9H12N2O2/c1-7-3-2-6-11-8(7)4-5-9(12)13-10/h2-3,6H,4-5,10H2,1H3. The molecular formula is C9H12N2O2. The van der Waals surface area contributed by atoms with E-state index in [0.717, 1.165) is 11.3 Å². The number of carbonyl (C=O) groups is 1. The third kappa shape index (κ3) is 2.83. The fourth-order valence-corrected chi connectivity index (χ4v) is 1.06. The molecule has 70 valence electrons. The van der Waals surface area contributed by atoms with Gasteiger partial charge in [0.05, 0.1) is 6.42 Å². The number of carbonyl (C=O) groups excluding carboxylic acids is 1. The fourth-order valence-electron chi connectivity index (χ4n) is 1.06. The van der Waals surface area contributed by atoms with Gasteiger partial charge in [-0.25, -0.2) is 0 Å². The number of aryl methyl sites for hydroxylation is 2. The number of nitrogens with zero attached hydrogens (tertiary/aromatic N) is 1. The van der Waals surface area contributed by atoms with Crippen LogP contribution in [0.15, 0.2) is 18.3 Å². The zero-order valence-corrected chi connectivity index (χ0v) is 7.49. The first-order valence-electron chi connectivity index (χ1n) is 4.04. The minimum absolute atomic E-state index is 0.272. The highest BCUT2D eigenvalue weighted by atomic mass is 16.7. The molecule has 1 aromatic heterocycles. The topological polar surface area (TPSA) is 65.2 Å². The number of aromatic nitrogens is 1. The number of hydrogen-bond donors (Lipinski definition) is 1. The van der Waals surface area contributed by atoms with Gasteiger partial charge in [-0.2, -0.15) is 5.90 Å². The Morgan fingerprint density at radius 1 is 1.69 bits per heavy atom. The smallest absolute Gasteiger partial charge is 0.324 e. The van der Waals surface area contributed by atoms with Crippen LogP contribution in [0.1, 0.15) is 17.7 Å². The zero-order valence-electron chi connectivity index (χ0n) is 7.49. The molecule has 0 aromatic carbocycles. The molecule has 1 heterocycles. The Labute approximate surface area is 76.7 Å². The van der Waals surface area contributed by atoms with Crippen molar-refractivity contribution in [2.24, 2.45) is 5.90 Å². The van der Waals surface area contributed by atoms with E-state index < -0.39 is 5.97 Å². The van der Waals surface area contributed by atoms with E-state index in [9.17, 15) is 4.79 Å². The van der Waals surface area contributed by atoms with Crippen molar-refractivity contribution in [1.82, 2.24) is 4.98 Å². The SMILES string of the molecule is Cc1cccnc1CCC(=O)ON. The van der Waals surface area contributed by atoms with E-state index in [1.807, 2.05) is 19.1 Å². The van der Waals surface area contributed by atoms with Gasteiger partial charge in [0.2, 0.25) is 0 Å². The van der Waals surface area contributed by atoms with Crippen molar-refractivity contribution < 1.29 is 9.63 Å². The van der Waals surface area contributed by atoms with Crippen molar-refractivity contribution in [2.45, 2.75) is 19.8 Å². The summed E-state index contributed by atoms with van der Waals surface area (Å²) < 4.78 is 0. The molecule has 4 heteroatoms. The van der Waals surface area contributed by atoms with Gasteiger partial charge >= 0.3 is 5.97 Å². The highest BCUT2D eigenvalue weighted by Gasteiger charge is 2.04. The summed E-state index contributed by atoms with van der Waals surface area (Å²) in [6, 6.07) is 3.82. The second kappa shape index (κ2) is 4.57. The van der Waals surface area contributed by atoms with E-state index in [2.05, 4.69) is 9.82 Å². The summed E-state index contributed by atoms with van der Waals surface area (Å²) in [5.74, 6) is 4.29. The molecule has 2 N–H and O–H groups in total. The predicted octanol–water partition coefficient (Wildman–Crippen LogP) is 0.740. The van der Waals surface area contributed by atoms with Crippen molar-refractivity contribution in [2.75, 3.05) is 0 Å². The third-order valence-electron chi connectivity index (χ3n) is 1.82. The van der Waals surface area contributed by atoms with Gasteiger partial charge in [0.15, 0.2) is 0 Å². The lowest BCUT2D eigenvalue weighted by atomic mass is 10.1. The quantitative estimate of drug-likeness (QED) is 0.697. The minimum atomic E-state index is -0.412. The average molecular weight is 180 g/mol. The molecular weight excluding hydrogens is 168 g/mol. The number of hydrogen-bond acceptors (Lipinski definition) is 4. The molecule has 0 fully saturated rings. The molecule has 1 aromatic rings. The van der Waals surface area contributed by atoms with Crippen molar-refractivity contribution >= 4 is 5.97 Å². The summed E-state index contributed by atoms with van der Waals surface area (Å²) in [5, 5.41) is 0. The molecule has 0 spiro atoms. The van der Waals surface area contributed by atoms with Crippen LogP contribution in [0.3, 0.4) is 0 Å². The lowest BCUT2D eigenvalue weighted by molar-refractivity contribution is -0.144. The molecule has 0 unspecified atom stereocenters. The zero-order chi connectivity index (χ0) is 9.68. The normalized spacial score (nSPS) is 9.69. The molecule has 0 saturated carbocycles. The lowest BCUT2D eigenvalue weighted by Gasteiger charge is -2.01. The van der Waals surface area contributed by atoms with E-state index in [1.165, 1.54) is 0 Å². The molecule has 1 rings (SSSR count). The third-order valence-corrected chi connectivity index (χ3v) is 1.82. The van der Waals surface area contributed by atoms with E-state index in [-0.39, 0.29) is 6.42 Å².